The van der Waals surface area contributed by atoms with Gasteiger partial charge in [0.15, 0.2) is 0 Å². The molecule has 0 radical (unpaired) electrons. The Kier molecular flexibility index (Phi) is 6.00. The van der Waals surface area contributed by atoms with Gasteiger partial charge >= 0.3 is 0 Å². The zero-order chi connectivity index (χ0) is 22.6. The minimum absolute atomic E-state index is 0.258. The number of hydrogen-bond donors (Lipinski definition) is 3. The molecule has 4 unspecified atom stereocenters. The van der Waals surface area contributed by atoms with Crippen molar-refractivity contribution in [3.63, 3.8) is 0 Å². The van der Waals surface area contributed by atoms with Gasteiger partial charge < -0.3 is 15.3 Å². The lowest BCUT2D eigenvalue weighted by Crippen LogP contribution is -2.39. The Morgan fingerprint density at radius 1 is 1.23 bits per heavy atom. The van der Waals surface area contributed by atoms with E-state index in [0.717, 1.165) is 42.2 Å². The number of hydrogen-bond acceptors (Lipinski definition) is 3. The highest BCUT2D eigenvalue weighted by Crippen LogP contribution is 2.80. The molecular formula is C28H42O3. The molecular weight excluding hydrogens is 384 g/mol. The summed E-state index contributed by atoms with van der Waals surface area (Å²) < 4.78 is 0. The van der Waals surface area contributed by atoms with E-state index >= 15 is 0 Å². The van der Waals surface area contributed by atoms with Gasteiger partial charge in [0.25, 0.3) is 0 Å². The van der Waals surface area contributed by atoms with Crippen molar-refractivity contribution in [2.45, 2.75) is 110 Å². The number of aliphatic hydroxyl groups is 3. The van der Waals surface area contributed by atoms with Gasteiger partial charge in [-0.3, -0.25) is 0 Å². The van der Waals surface area contributed by atoms with Crippen LogP contribution in [0.15, 0.2) is 22.8 Å². The number of allylic oxidation sites excluding steroid dienone is 2. The van der Waals surface area contributed by atoms with Crippen LogP contribution in [-0.2, 0) is 0 Å². The van der Waals surface area contributed by atoms with Gasteiger partial charge in [0.2, 0.25) is 0 Å². The average Bonchev–Trinajstić information content (AvgIpc) is 3.32. The quantitative estimate of drug-likeness (QED) is 0.533. The first-order valence-electron chi connectivity index (χ1n) is 12.5. The predicted molar refractivity (Wildman–Crippen MR) is 125 cm³/mol. The molecule has 0 aliphatic heterocycles. The highest BCUT2D eigenvalue weighted by atomic mass is 16.3. The van der Waals surface area contributed by atoms with E-state index in [1.54, 1.807) is 0 Å². The zero-order valence-corrected chi connectivity index (χ0v) is 20.2. The van der Waals surface area contributed by atoms with Gasteiger partial charge in [-0.15, -0.1) is 0 Å². The molecule has 0 aromatic heterocycles. The maximum absolute atomic E-state index is 10.2. The van der Waals surface area contributed by atoms with Crippen LogP contribution in [0.4, 0.5) is 0 Å². The number of rotatable bonds is 5. The second-order valence-electron chi connectivity index (χ2n) is 12.0. The van der Waals surface area contributed by atoms with Crippen LogP contribution >= 0.6 is 0 Å². The standard InChI is InChI=1S/C28H42O3/c1-18(8-6-12-26(3,4)31)24-15-22-17-28(22)21(9-7-13-27(24,28)5)11-10-20-14-23(29)16-25(30)19(20)2/h9,18,22-25,29-31H,6-8,12-17H2,1-5H3/t18?,22?,23?,24-,25+,27-,28?/m1/s1. The highest BCUT2D eigenvalue weighted by molar-refractivity contribution is 5.51. The molecule has 31 heavy (non-hydrogen) atoms. The van der Waals surface area contributed by atoms with Crippen LogP contribution in [-0.4, -0.2) is 33.1 Å². The van der Waals surface area contributed by atoms with E-state index in [0.29, 0.717) is 24.2 Å². The van der Waals surface area contributed by atoms with Crippen molar-refractivity contribution in [3.8, 4) is 11.8 Å². The molecule has 4 rings (SSSR count). The SMILES string of the molecule is CC1=C(C#CC2=CCC[C@]3(C)[C@@H](C(C)CCCC(C)(C)O)CC4CC243)CC(O)C[C@@H]1O. The van der Waals surface area contributed by atoms with E-state index in [2.05, 4.69) is 31.8 Å². The van der Waals surface area contributed by atoms with Gasteiger partial charge in [0.05, 0.1) is 17.8 Å². The van der Waals surface area contributed by atoms with E-state index in [9.17, 15) is 15.3 Å². The summed E-state index contributed by atoms with van der Waals surface area (Å²) in [4.78, 5) is 0. The molecule has 0 saturated heterocycles. The molecule has 3 heteroatoms. The molecule has 0 amide bonds. The monoisotopic (exact) mass is 426 g/mol. The maximum Gasteiger partial charge on any atom is 0.0784 e. The average molecular weight is 427 g/mol. The lowest BCUT2D eigenvalue weighted by Gasteiger charge is -2.46. The predicted octanol–water partition coefficient (Wildman–Crippen LogP) is 5.15. The van der Waals surface area contributed by atoms with Crippen molar-refractivity contribution in [2.75, 3.05) is 0 Å². The maximum atomic E-state index is 10.2. The lowest BCUT2D eigenvalue weighted by atomic mass is 9.58. The fraction of sp³-hybridized carbons (Fsp3) is 0.786. The summed E-state index contributed by atoms with van der Waals surface area (Å²) in [6.45, 7) is 10.7. The van der Waals surface area contributed by atoms with Crippen LogP contribution < -0.4 is 0 Å². The molecule has 0 aromatic carbocycles. The first-order chi connectivity index (χ1) is 14.5. The molecule has 172 valence electrons. The molecule has 0 bridgehead atoms. The van der Waals surface area contributed by atoms with Gasteiger partial charge in [-0.2, -0.15) is 0 Å². The normalized spacial score (nSPS) is 40.5. The highest BCUT2D eigenvalue weighted by Gasteiger charge is 2.73. The molecule has 0 heterocycles. The van der Waals surface area contributed by atoms with Crippen molar-refractivity contribution in [2.24, 2.45) is 28.6 Å². The van der Waals surface area contributed by atoms with Gasteiger partial charge in [0, 0.05) is 29.4 Å². The summed E-state index contributed by atoms with van der Waals surface area (Å²) in [5.41, 5.74) is 3.22. The summed E-state index contributed by atoms with van der Waals surface area (Å²) >= 11 is 0. The van der Waals surface area contributed by atoms with Crippen LogP contribution in [0.25, 0.3) is 0 Å². The summed E-state index contributed by atoms with van der Waals surface area (Å²) in [7, 11) is 0. The molecule has 3 nitrogen and oxygen atoms in total. The Balaban J connectivity index is 1.52. The second-order valence-corrected chi connectivity index (χ2v) is 12.0. The molecule has 3 N–H and O–H groups in total. The van der Waals surface area contributed by atoms with Crippen molar-refractivity contribution >= 4 is 0 Å². The third kappa shape index (κ3) is 4.05. The Hall–Kier alpha value is -1.08. The largest absolute Gasteiger partial charge is 0.393 e. The van der Waals surface area contributed by atoms with Crippen LogP contribution in [0.2, 0.25) is 0 Å². The first-order valence-corrected chi connectivity index (χ1v) is 12.5. The minimum atomic E-state index is -0.564. The third-order valence-electron chi connectivity index (χ3n) is 9.37. The summed E-state index contributed by atoms with van der Waals surface area (Å²) in [5, 5.41) is 30.4. The Morgan fingerprint density at radius 2 is 1.97 bits per heavy atom. The zero-order valence-electron chi connectivity index (χ0n) is 20.2. The minimum Gasteiger partial charge on any atom is -0.393 e. The fourth-order valence-electron chi connectivity index (χ4n) is 7.44. The van der Waals surface area contributed by atoms with Crippen molar-refractivity contribution in [3.05, 3.63) is 22.8 Å². The van der Waals surface area contributed by atoms with Gasteiger partial charge in [0.1, 0.15) is 0 Å². The summed E-state index contributed by atoms with van der Waals surface area (Å²) in [6.07, 6.45) is 10.5. The van der Waals surface area contributed by atoms with Crippen molar-refractivity contribution in [1.29, 1.82) is 0 Å². The van der Waals surface area contributed by atoms with E-state index in [-0.39, 0.29) is 5.41 Å². The van der Waals surface area contributed by atoms with Gasteiger partial charge in [-0.25, -0.2) is 0 Å². The molecule has 7 atom stereocenters. The van der Waals surface area contributed by atoms with Crippen molar-refractivity contribution in [1.82, 2.24) is 0 Å². The topological polar surface area (TPSA) is 60.7 Å². The van der Waals surface area contributed by atoms with E-state index < -0.39 is 17.8 Å². The van der Waals surface area contributed by atoms with Crippen LogP contribution in [0, 0.1) is 40.4 Å². The van der Waals surface area contributed by atoms with Crippen LogP contribution in [0.1, 0.15) is 92.4 Å². The smallest absolute Gasteiger partial charge is 0.0784 e. The Morgan fingerprint density at radius 3 is 2.68 bits per heavy atom. The van der Waals surface area contributed by atoms with Gasteiger partial charge in [-0.1, -0.05) is 44.6 Å². The Bertz CT molecular complexity index is 835. The molecule has 4 aliphatic rings. The molecule has 0 aromatic rings. The summed E-state index contributed by atoms with van der Waals surface area (Å²) in [6, 6.07) is 0. The second kappa shape index (κ2) is 8.05. The Labute approximate surface area is 189 Å². The van der Waals surface area contributed by atoms with E-state index in [1.165, 1.54) is 31.3 Å². The number of aliphatic hydroxyl groups excluding tert-OH is 2. The summed E-state index contributed by atoms with van der Waals surface area (Å²) in [5.74, 6) is 9.13. The molecule has 4 aliphatic carbocycles. The van der Waals surface area contributed by atoms with Gasteiger partial charge in [-0.05, 0) is 81.6 Å². The molecule has 1 spiro atoms. The lowest BCUT2D eigenvalue weighted by molar-refractivity contribution is 0.0538. The first kappa shape index (κ1) is 23.1. The molecule has 2 fully saturated rings. The van der Waals surface area contributed by atoms with E-state index in [1.807, 2.05) is 20.8 Å². The fourth-order valence-corrected chi connectivity index (χ4v) is 7.44. The van der Waals surface area contributed by atoms with E-state index in [4.69, 9.17) is 0 Å². The molecule has 2 saturated carbocycles. The van der Waals surface area contributed by atoms with Crippen LogP contribution in [0.3, 0.4) is 0 Å². The van der Waals surface area contributed by atoms with Crippen molar-refractivity contribution < 1.29 is 15.3 Å². The van der Waals surface area contributed by atoms with Crippen LogP contribution in [0.5, 0.6) is 0 Å². The third-order valence-corrected chi connectivity index (χ3v) is 9.37.